The van der Waals surface area contributed by atoms with Gasteiger partial charge in [0.05, 0.1) is 5.75 Å². The summed E-state index contributed by atoms with van der Waals surface area (Å²) in [6.07, 6.45) is 4.52. The van der Waals surface area contributed by atoms with Crippen molar-refractivity contribution in [2.24, 2.45) is 7.05 Å². The largest absolute Gasteiger partial charge is 0.353 e. The summed E-state index contributed by atoms with van der Waals surface area (Å²) in [6, 6.07) is 4.56. The molecule has 2 rings (SSSR count). The zero-order valence-electron chi connectivity index (χ0n) is 12.4. The van der Waals surface area contributed by atoms with Crippen molar-refractivity contribution >= 4 is 10.0 Å². The van der Waals surface area contributed by atoms with Crippen LogP contribution in [0, 0.1) is 0 Å². The molecule has 1 N–H and O–H groups in total. The maximum Gasteiger partial charge on any atom is 0.214 e. The summed E-state index contributed by atoms with van der Waals surface area (Å²) < 4.78 is 27.7. The maximum atomic E-state index is 12.0. The smallest absolute Gasteiger partial charge is 0.214 e. The summed E-state index contributed by atoms with van der Waals surface area (Å²) >= 11 is 0. The highest BCUT2D eigenvalue weighted by molar-refractivity contribution is 7.89. The Balaban J connectivity index is 1.79. The molecular weight excluding hydrogens is 274 g/mol. The van der Waals surface area contributed by atoms with Gasteiger partial charge in [0.1, 0.15) is 0 Å². The summed E-state index contributed by atoms with van der Waals surface area (Å²) in [5, 5.41) is 3.53. The second-order valence-electron chi connectivity index (χ2n) is 5.48. The third-order valence-corrected chi connectivity index (χ3v) is 6.01. The Morgan fingerprint density at radius 2 is 2.05 bits per heavy atom. The van der Waals surface area contributed by atoms with Crippen LogP contribution in [0.3, 0.4) is 0 Å². The molecule has 0 bridgehead atoms. The number of nitrogens with zero attached hydrogens (tertiary/aromatic N) is 2. The summed E-state index contributed by atoms with van der Waals surface area (Å²) in [5.41, 5.74) is 1.26. The van der Waals surface area contributed by atoms with Gasteiger partial charge in [0, 0.05) is 44.6 Å². The molecule has 114 valence electrons. The van der Waals surface area contributed by atoms with Gasteiger partial charge in [-0.1, -0.05) is 6.92 Å². The molecule has 0 unspecified atom stereocenters. The number of aryl methyl sites for hydroxylation is 1. The monoisotopic (exact) mass is 299 g/mol. The highest BCUT2D eigenvalue weighted by Crippen LogP contribution is 2.15. The van der Waals surface area contributed by atoms with Crippen molar-refractivity contribution in [2.75, 3.05) is 18.8 Å². The van der Waals surface area contributed by atoms with Crippen molar-refractivity contribution in [3.05, 3.63) is 24.0 Å². The first-order valence-electron chi connectivity index (χ1n) is 7.34. The van der Waals surface area contributed by atoms with Crippen molar-refractivity contribution in [1.82, 2.24) is 14.2 Å². The maximum absolute atomic E-state index is 12.0. The zero-order chi connectivity index (χ0) is 14.6. The lowest BCUT2D eigenvalue weighted by molar-refractivity contribution is 0.287. The Morgan fingerprint density at radius 1 is 1.35 bits per heavy atom. The fraction of sp³-hybridized carbons (Fsp3) is 0.714. The molecule has 0 atom stereocenters. The van der Waals surface area contributed by atoms with Gasteiger partial charge in [0.15, 0.2) is 0 Å². The van der Waals surface area contributed by atoms with Crippen LogP contribution in [0.25, 0.3) is 0 Å². The third kappa shape index (κ3) is 3.84. The normalized spacial score (nSPS) is 18.5. The minimum atomic E-state index is -3.02. The molecule has 1 aliphatic heterocycles. The van der Waals surface area contributed by atoms with E-state index in [0.717, 1.165) is 19.4 Å². The van der Waals surface area contributed by atoms with Gasteiger partial charge < -0.3 is 9.88 Å². The van der Waals surface area contributed by atoms with E-state index in [4.69, 9.17) is 0 Å². The fourth-order valence-electron chi connectivity index (χ4n) is 2.65. The second-order valence-corrected chi connectivity index (χ2v) is 7.57. The van der Waals surface area contributed by atoms with E-state index in [9.17, 15) is 8.42 Å². The van der Waals surface area contributed by atoms with Crippen LogP contribution in [-0.2, 0) is 23.6 Å². The van der Waals surface area contributed by atoms with E-state index in [1.54, 1.807) is 4.31 Å². The molecular formula is C14H25N3O2S. The van der Waals surface area contributed by atoms with Gasteiger partial charge in [-0.05, 0) is 31.4 Å². The van der Waals surface area contributed by atoms with E-state index in [1.807, 2.05) is 26.2 Å². The predicted molar refractivity (Wildman–Crippen MR) is 80.9 cm³/mol. The molecule has 0 radical (unpaired) electrons. The van der Waals surface area contributed by atoms with E-state index in [2.05, 4.69) is 16.0 Å². The first kappa shape index (κ1) is 15.5. The zero-order valence-corrected chi connectivity index (χ0v) is 13.2. The van der Waals surface area contributed by atoms with Crippen molar-refractivity contribution in [3.63, 3.8) is 0 Å². The van der Waals surface area contributed by atoms with Gasteiger partial charge in [-0.25, -0.2) is 12.7 Å². The molecule has 1 aromatic rings. The van der Waals surface area contributed by atoms with Crippen LogP contribution in [0.4, 0.5) is 0 Å². The van der Waals surface area contributed by atoms with Gasteiger partial charge in [0.25, 0.3) is 0 Å². The lowest BCUT2D eigenvalue weighted by atomic mass is 10.1. The highest BCUT2D eigenvalue weighted by atomic mass is 32.2. The Bertz CT molecular complexity index is 516. The van der Waals surface area contributed by atoms with E-state index < -0.39 is 10.0 Å². The molecule has 0 aromatic carbocycles. The average molecular weight is 299 g/mol. The Morgan fingerprint density at radius 3 is 2.60 bits per heavy atom. The number of piperidine rings is 1. The first-order valence-corrected chi connectivity index (χ1v) is 8.95. The molecule has 1 aliphatic rings. The summed E-state index contributed by atoms with van der Waals surface area (Å²) in [5.74, 6) is 0.272. The number of hydrogen-bond acceptors (Lipinski definition) is 3. The van der Waals surface area contributed by atoms with Crippen LogP contribution in [0.1, 0.15) is 31.9 Å². The van der Waals surface area contributed by atoms with E-state index in [0.29, 0.717) is 25.6 Å². The molecule has 6 heteroatoms. The van der Waals surface area contributed by atoms with Crippen LogP contribution in [-0.4, -0.2) is 42.2 Å². The van der Waals surface area contributed by atoms with Gasteiger partial charge in [-0.2, -0.15) is 0 Å². The van der Waals surface area contributed by atoms with Crippen LogP contribution in [0.2, 0.25) is 0 Å². The van der Waals surface area contributed by atoms with Crippen molar-refractivity contribution in [1.29, 1.82) is 0 Å². The number of sulfonamides is 1. The third-order valence-electron chi connectivity index (χ3n) is 3.93. The van der Waals surface area contributed by atoms with Crippen molar-refractivity contribution < 1.29 is 8.42 Å². The topological polar surface area (TPSA) is 54.3 Å². The molecule has 0 amide bonds. The number of hydrogen-bond donors (Lipinski definition) is 1. The van der Waals surface area contributed by atoms with Crippen molar-refractivity contribution in [2.45, 2.75) is 38.8 Å². The summed E-state index contributed by atoms with van der Waals surface area (Å²) in [7, 11) is -0.982. The molecule has 0 spiro atoms. The predicted octanol–water partition coefficient (Wildman–Crippen LogP) is 1.32. The molecule has 2 heterocycles. The van der Waals surface area contributed by atoms with Crippen LogP contribution < -0.4 is 5.32 Å². The second kappa shape index (κ2) is 6.74. The molecule has 0 saturated carbocycles. The lowest BCUT2D eigenvalue weighted by Gasteiger charge is -2.31. The van der Waals surface area contributed by atoms with Gasteiger partial charge >= 0.3 is 0 Å². The number of rotatable bonds is 6. The van der Waals surface area contributed by atoms with Crippen LogP contribution in [0.5, 0.6) is 0 Å². The van der Waals surface area contributed by atoms with Crippen LogP contribution >= 0.6 is 0 Å². The van der Waals surface area contributed by atoms with Gasteiger partial charge in [0.2, 0.25) is 10.0 Å². The summed E-state index contributed by atoms with van der Waals surface area (Å²) in [6.45, 7) is 4.04. The molecule has 1 fully saturated rings. The minimum absolute atomic E-state index is 0.272. The number of nitrogens with one attached hydrogen (secondary N) is 1. The molecule has 20 heavy (non-hydrogen) atoms. The van der Waals surface area contributed by atoms with E-state index in [-0.39, 0.29) is 5.75 Å². The molecule has 1 saturated heterocycles. The van der Waals surface area contributed by atoms with Gasteiger partial charge in [-0.3, -0.25) is 0 Å². The SMILES string of the molecule is CCCS(=O)(=O)N1CCC(NCc2cccn2C)CC1. The first-order chi connectivity index (χ1) is 9.53. The van der Waals surface area contributed by atoms with E-state index in [1.165, 1.54) is 5.69 Å². The van der Waals surface area contributed by atoms with Crippen molar-refractivity contribution in [3.8, 4) is 0 Å². The van der Waals surface area contributed by atoms with Crippen LogP contribution in [0.15, 0.2) is 18.3 Å². The Kier molecular flexibility index (Phi) is 5.23. The van der Waals surface area contributed by atoms with Gasteiger partial charge in [-0.15, -0.1) is 0 Å². The standard InChI is InChI=1S/C14H25N3O2S/c1-3-11-20(18,19)17-9-6-13(7-10-17)15-12-14-5-4-8-16(14)2/h4-5,8,13,15H,3,6-7,9-12H2,1-2H3. The molecule has 0 aliphatic carbocycles. The fourth-order valence-corrected chi connectivity index (χ4v) is 4.20. The Labute approximate surface area is 122 Å². The molecule has 1 aromatic heterocycles. The Hall–Kier alpha value is -0.850. The molecule has 5 nitrogen and oxygen atoms in total. The lowest BCUT2D eigenvalue weighted by Crippen LogP contribution is -2.45. The minimum Gasteiger partial charge on any atom is -0.353 e. The van der Waals surface area contributed by atoms with E-state index >= 15 is 0 Å². The number of aromatic nitrogens is 1. The highest BCUT2D eigenvalue weighted by Gasteiger charge is 2.26. The quantitative estimate of drug-likeness (QED) is 0.862. The average Bonchev–Trinajstić information content (AvgIpc) is 2.82. The summed E-state index contributed by atoms with van der Waals surface area (Å²) in [4.78, 5) is 0.